The molecule has 178 valence electrons. The Morgan fingerprint density at radius 1 is 1.14 bits per heavy atom. The van der Waals surface area contributed by atoms with Gasteiger partial charge in [0, 0.05) is 53.4 Å². The number of hydrogen-bond donors (Lipinski definition) is 4. The molecular weight excluding hydrogens is 448 g/mol. The average molecular weight is 473 g/mol. The minimum atomic E-state index is -0.936. The van der Waals surface area contributed by atoms with E-state index < -0.39 is 6.09 Å². The molecule has 5 rings (SSSR count). The van der Waals surface area contributed by atoms with E-state index in [9.17, 15) is 9.59 Å². The lowest BCUT2D eigenvalue weighted by atomic mass is 10.0. The molecule has 2 amide bonds. The number of amides is 2. The van der Waals surface area contributed by atoms with Crippen LogP contribution in [0, 0.1) is 0 Å². The van der Waals surface area contributed by atoms with Crippen LogP contribution in [-0.4, -0.2) is 57.2 Å². The van der Waals surface area contributed by atoms with Gasteiger partial charge < -0.3 is 30.4 Å². The molecule has 0 atom stereocenters. The fraction of sp³-hybridized carbons (Fsp3) is 0.200. The van der Waals surface area contributed by atoms with Gasteiger partial charge in [-0.05, 0) is 43.2 Å². The Morgan fingerprint density at radius 3 is 2.74 bits per heavy atom. The number of benzene rings is 2. The monoisotopic (exact) mass is 472 g/mol. The van der Waals surface area contributed by atoms with Crippen molar-refractivity contribution >= 4 is 51.0 Å². The number of H-pyrrole nitrogens is 1. The van der Waals surface area contributed by atoms with Crippen LogP contribution in [0.15, 0.2) is 60.6 Å². The van der Waals surface area contributed by atoms with E-state index in [0.717, 1.165) is 27.5 Å². The number of carboxylic acid groups (broad SMARTS) is 1. The zero-order valence-electron chi connectivity index (χ0n) is 19.0. The van der Waals surface area contributed by atoms with Crippen LogP contribution in [0.25, 0.3) is 21.8 Å². The number of carbonyl (C=O) groups excluding carboxylic acids is 1. The number of rotatable bonds is 5. The topological polar surface area (TPSA) is 132 Å². The lowest BCUT2D eigenvalue weighted by Crippen LogP contribution is -2.35. The van der Waals surface area contributed by atoms with E-state index in [1.54, 1.807) is 12.1 Å². The van der Waals surface area contributed by atoms with Crippen molar-refractivity contribution in [1.29, 1.82) is 0 Å². The third-order valence-corrected chi connectivity index (χ3v) is 6.04. The molecular formula is C25H24N6O4. The van der Waals surface area contributed by atoms with Crippen molar-refractivity contribution < 1.29 is 19.4 Å². The van der Waals surface area contributed by atoms with Gasteiger partial charge in [0.15, 0.2) is 0 Å². The minimum absolute atomic E-state index is 0.300. The van der Waals surface area contributed by atoms with Crippen LogP contribution in [0.2, 0.25) is 0 Å². The van der Waals surface area contributed by atoms with E-state index in [1.807, 2.05) is 30.5 Å². The van der Waals surface area contributed by atoms with Gasteiger partial charge in [0.2, 0.25) is 5.91 Å². The van der Waals surface area contributed by atoms with Gasteiger partial charge >= 0.3 is 6.09 Å². The van der Waals surface area contributed by atoms with Crippen molar-refractivity contribution in [3.8, 4) is 5.75 Å². The van der Waals surface area contributed by atoms with E-state index in [0.29, 0.717) is 48.7 Å². The van der Waals surface area contributed by atoms with Crippen molar-refractivity contribution in [3.63, 3.8) is 0 Å². The van der Waals surface area contributed by atoms with Crippen molar-refractivity contribution in [2.75, 3.05) is 30.8 Å². The lowest BCUT2D eigenvalue weighted by Gasteiger charge is -2.25. The zero-order chi connectivity index (χ0) is 24.4. The van der Waals surface area contributed by atoms with Crippen molar-refractivity contribution in [1.82, 2.24) is 19.9 Å². The smallest absolute Gasteiger partial charge is 0.407 e. The number of hydrogen-bond acceptors (Lipinski definition) is 6. The summed E-state index contributed by atoms with van der Waals surface area (Å²) in [4.78, 5) is 37.1. The number of aromatic amines is 1. The highest BCUT2D eigenvalue weighted by atomic mass is 16.5. The maximum Gasteiger partial charge on any atom is 0.407 e. The fourth-order valence-electron chi connectivity index (χ4n) is 4.20. The Bertz CT molecular complexity index is 1450. The fourth-order valence-corrected chi connectivity index (χ4v) is 4.20. The molecule has 1 saturated heterocycles. The number of fused-ring (bicyclic) bond motifs is 2. The highest BCUT2D eigenvalue weighted by Gasteiger charge is 2.19. The first-order valence-corrected chi connectivity index (χ1v) is 11.2. The molecule has 0 bridgehead atoms. The Morgan fingerprint density at radius 2 is 1.97 bits per heavy atom. The summed E-state index contributed by atoms with van der Waals surface area (Å²) < 4.78 is 5.49. The normalized spacial score (nSPS) is 13.6. The van der Waals surface area contributed by atoms with Crippen molar-refractivity contribution in [2.45, 2.75) is 12.8 Å². The van der Waals surface area contributed by atoms with Gasteiger partial charge in [-0.1, -0.05) is 5.57 Å². The molecule has 10 heteroatoms. The summed E-state index contributed by atoms with van der Waals surface area (Å²) in [6, 6.07) is 11.5. The molecule has 1 aliphatic heterocycles. The summed E-state index contributed by atoms with van der Waals surface area (Å²) in [6.07, 6.45) is 5.03. The Hall–Kier alpha value is -4.60. The van der Waals surface area contributed by atoms with Crippen LogP contribution in [0.4, 0.5) is 22.0 Å². The average Bonchev–Trinajstić information content (AvgIpc) is 3.32. The molecule has 4 N–H and O–H groups in total. The number of likely N-dealkylation sites (tertiary alicyclic amines) is 1. The number of piperidine rings is 1. The highest BCUT2D eigenvalue weighted by Crippen LogP contribution is 2.33. The molecule has 0 aliphatic carbocycles. The van der Waals surface area contributed by atoms with Crippen molar-refractivity contribution in [2.24, 2.45) is 0 Å². The summed E-state index contributed by atoms with van der Waals surface area (Å²) in [5.74, 6) is 0.775. The minimum Gasteiger partial charge on any atom is -0.494 e. The van der Waals surface area contributed by atoms with Crippen LogP contribution in [-0.2, 0) is 4.79 Å². The predicted molar refractivity (Wildman–Crippen MR) is 133 cm³/mol. The number of carbonyl (C=O) groups is 2. The summed E-state index contributed by atoms with van der Waals surface area (Å²) in [5.41, 5.74) is 3.98. The maximum atomic E-state index is 12.8. The molecule has 2 aromatic carbocycles. The molecule has 3 heterocycles. The van der Waals surface area contributed by atoms with E-state index >= 15 is 0 Å². The maximum absolute atomic E-state index is 12.8. The molecule has 0 saturated carbocycles. The summed E-state index contributed by atoms with van der Waals surface area (Å²) in [6.45, 7) is 0.767. The number of methoxy groups -OCH3 is 1. The van der Waals surface area contributed by atoms with Crippen LogP contribution in [0.1, 0.15) is 12.8 Å². The van der Waals surface area contributed by atoms with Crippen molar-refractivity contribution in [3.05, 3.63) is 60.6 Å². The van der Waals surface area contributed by atoms with E-state index in [-0.39, 0.29) is 5.91 Å². The zero-order valence-corrected chi connectivity index (χ0v) is 19.0. The number of nitrogens with zero attached hydrogens (tertiary/aromatic N) is 3. The lowest BCUT2D eigenvalue weighted by molar-refractivity contribution is -0.112. The number of ether oxygens (including phenoxy) is 1. The third kappa shape index (κ3) is 4.72. The molecule has 35 heavy (non-hydrogen) atoms. The molecule has 2 aromatic heterocycles. The number of anilines is 3. The van der Waals surface area contributed by atoms with Crippen LogP contribution in [0.3, 0.4) is 0 Å². The Kier molecular flexibility index (Phi) is 5.92. The Labute approximate surface area is 200 Å². The first-order valence-electron chi connectivity index (χ1n) is 11.2. The SMILES string of the molecule is COc1cc2ncnc(Nc3ccc4[nH]ccc4c3)c2cc1NC(=O)C=C1CCN(C(=O)O)CC1. The molecule has 0 unspecified atom stereocenters. The first kappa shape index (κ1) is 22.2. The largest absolute Gasteiger partial charge is 0.494 e. The third-order valence-electron chi connectivity index (χ3n) is 6.04. The molecule has 0 spiro atoms. The predicted octanol–water partition coefficient (Wildman–Crippen LogP) is 4.50. The molecule has 0 radical (unpaired) electrons. The Balaban J connectivity index is 1.40. The second-order valence-electron chi connectivity index (χ2n) is 8.26. The molecule has 4 aromatic rings. The summed E-state index contributed by atoms with van der Waals surface area (Å²) >= 11 is 0. The standard InChI is InChI=1S/C25H24N6O4/c1-35-22-13-20-18(12-21(22)30-23(32)10-15-5-8-31(9-6-15)25(33)34)24(28-14-27-20)29-17-2-3-19-16(11-17)4-7-26-19/h2-4,7,10-14,26H,5-6,8-9H2,1H3,(H,30,32)(H,33,34)(H,27,28,29). The van der Waals surface area contributed by atoms with Gasteiger partial charge in [0.25, 0.3) is 0 Å². The summed E-state index contributed by atoms with van der Waals surface area (Å²) in [5, 5.41) is 17.1. The highest BCUT2D eigenvalue weighted by molar-refractivity contribution is 6.04. The van der Waals surface area contributed by atoms with E-state index in [1.165, 1.54) is 24.4 Å². The number of nitrogens with one attached hydrogen (secondary N) is 3. The van der Waals surface area contributed by atoms with Gasteiger partial charge in [-0.25, -0.2) is 14.8 Å². The van der Waals surface area contributed by atoms with Gasteiger partial charge in [-0.2, -0.15) is 0 Å². The van der Waals surface area contributed by atoms with E-state index in [2.05, 4.69) is 25.6 Å². The molecule has 1 fully saturated rings. The summed E-state index contributed by atoms with van der Waals surface area (Å²) in [7, 11) is 1.53. The molecule has 1 aliphatic rings. The van der Waals surface area contributed by atoms with Gasteiger partial charge in [0.1, 0.15) is 17.9 Å². The first-order chi connectivity index (χ1) is 17.0. The van der Waals surface area contributed by atoms with Crippen LogP contribution in [0.5, 0.6) is 5.75 Å². The quantitative estimate of drug-likeness (QED) is 0.314. The van der Waals surface area contributed by atoms with Crippen LogP contribution >= 0.6 is 0 Å². The van der Waals surface area contributed by atoms with Gasteiger partial charge in [-0.3, -0.25) is 4.79 Å². The van der Waals surface area contributed by atoms with E-state index in [4.69, 9.17) is 9.84 Å². The van der Waals surface area contributed by atoms with Gasteiger partial charge in [-0.15, -0.1) is 0 Å². The number of aromatic nitrogens is 3. The second kappa shape index (κ2) is 9.34. The van der Waals surface area contributed by atoms with Crippen LogP contribution < -0.4 is 15.4 Å². The van der Waals surface area contributed by atoms with Gasteiger partial charge in [0.05, 0.1) is 18.3 Å². The second-order valence-corrected chi connectivity index (χ2v) is 8.26. The molecule has 10 nitrogen and oxygen atoms in total.